The molecule has 0 aliphatic rings. The fourth-order valence-electron chi connectivity index (χ4n) is 1.56. The normalized spacial score (nSPS) is 14.5. The van der Waals surface area contributed by atoms with Crippen LogP contribution in [0.15, 0.2) is 0 Å². The highest BCUT2D eigenvalue weighted by Crippen LogP contribution is 2.14. The van der Waals surface area contributed by atoms with Crippen molar-refractivity contribution in [1.29, 1.82) is 0 Å². The summed E-state index contributed by atoms with van der Waals surface area (Å²) in [6.07, 6.45) is 2.59. The highest BCUT2D eigenvalue weighted by atomic mass is 16.5. The summed E-state index contributed by atoms with van der Waals surface area (Å²) in [6.45, 7) is 8.16. The zero-order valence-corrected chi connectivity index (χ0v) is 11.0. The molecule has 0 amide bonds. The van der Waals surface area contributed by atoms with Gasteiger partial charge in [0.05, 0.1) is 7.11 Å². The Morgan fingerprint density at radius 3 is 2.56 bits per heavy atom. The van der Waals surface area contributed by atoms with Crippen molar-refractivity contribution in [3.05, 3.63) is 0 Å². The Balaban J connectivity index is 4.13. The Labute approximate surface area is 98.7 Å². The predicted molar refractivity (Wildman–Crippen MR) is 64.4 cm³/mol. The molecule has 0 heterocycles. The Morgan fingerprint density at radius 2 is 2.06 bits per heavy atom. The molecule has 4 nitrogen and oxygen atoms in total. The van der Waals surface area contributed by atoms with E-state index in [1.54, 1.807) is 0 Å². The largest absolute Gasteiger partial charge is 0.468 e. The van der Waals surface area contributed by atoms with E-state index in [0.717, 1.165) is 32.4 Å². The van der Waals surface area contributed by atoms with Crippen molar-refractivity contribution in [3.63, 3.8) is 0 Å². The number of hydrogen-bond donors (Lipinski definition) is 1. The summed E-state index contributed by atoms with van der Waals surface area (Å²) >= 11 is 0. The van der Waals surface area contributed by atoms with Gasteiger partial charge in [-0.15, -0.1) is 0 Å². The van der Waals surface area contributed by atoms with Gasteiger partial charge in [0.2, 0.25) is 0 Å². The highest BCUT2D eigenvalue weighted by Gasteiger charge is 2.32. The highest BCUT2D eigenvalue weighted by molar-refractivity contribution is 5.80. The number of rotatable bonds is 9. The minimum Gasteiger partial charge on any atom is -0.468 e. The second kappa shape index (κ2) is 8.53. The Hall–Kier alpha value is -0.610. The molecule has 96 valence electrons. The maximum atomic E-state index is 11.7. The Bertz CT molecular complexity index is 197. The van der Waals surface area contributed by atoms with E-state index in [4.69, 9.17) is 9.47 Å². The van der Waals surface area contributed by atoms with Gasteiger partial charge in [0.1, 0.15) is 5.54 Å². The molecule has 0 bridgehead atoms. The molecule has 0 saturated heterocycles. The Morgan fingerprint density at radius 1 is 1.38 bits per heavy atom. The molecule has 0 aliphatic heterocycles. The molecule has 16 heavy (non-hydrogen) atoms. The van der Waals surface area contributed by atoms with Crippen LogP contribution in [-0.2, 0) is 14.3 Å². The molecule has 0 fully saturated rings. The molecule has 4 heteroatoms. The Kier molecular flexibility index (Phi) is 8.21. The average Bonchev–Trinajstić information content (AvgIpc) is 2.31. The monoisotopic (exact) mass is 231 g/mol. The summed E-state index contributed by atoms with van der Waals surface area (Å²) in [6, 6.07) is 0. The molecule has 0 spiro atoms. The maximum Gasteiger partial charge on any atom is 0.325 e. The van der Waals surface area contributed by atoms with Crippen LogP contribution in [0.4, 0.5) is 0 Å². The number of carbonyl (C=O) groups is 1. The summed E-state index contributed by atoms with van der Waals surface area (Å²) in [4.78, 5) is 11.7. The van der Waals surface area contributed by atoms with E-state index in [1.165, 1.54) is 7.11 Å². The van der Waals surface area contributed by atoms with E-state index < -0.39 is 5.54 Å². The second-order valence-corrected chi connectivity index (χ2v) is 4.05. The van der Waals surface area contributed by atoms with Crippen LogP contribution >= 0.6 is 0 Å². The lowest BCUT2D eigenvalue weighted by Gasteiger charge is -2.27. The number of methoxy groups -OCH3 is 1. The van der Waals surface area contributed by atoms with Crippen molar-refractivity contribution in [2.75, 3.05) is 26.9 Å². The summed E-state index contributed by atoms with van der Waals surface area (Å²) in [5.41, 5.74) is -0.581. The zero-order valence-electron chi connectivity index (χ0n) is 11.0. The summed E-state index contributed by atoms with van der Waals surface area (Å²) in [5, 5.41) is 3.24. The van der Waals surface area contributed by atoms with Gasteiger partial charge in [0.15, 0.2) is 0 Å². The third-order valence-electron chi connectivity index (χ3n) is 2.57. The van der Waals surface area contributed by atoms with Crippen molar-refractivity contribution >= 4 is 5.97 Å². The minimum atomic E-state index is -0.581. The molecular formula is C12H25NO3. The van der Waals surface area contributed by atoms with Crippen LogP contribution < -0.4 is 5.32 Å². The molecule has 1 atom stereocenters. The lowest BCUT2D eigenvalue weighted by atomic mass is 9.96. The van der Waals surface area contributed by atoms with Gasteiger partial charge in [-0.25, -0.2) is 0 Å². The van der Waals surface area contributed by atoms with E-state index in [1.807, 2.05) is 13.8 Å². The van der Waals surface area contributed by atoms with Gasteiger partial charge < -0.3 is 14.8 Å². The molecule has 0 aromatic heterocycles. The van der Waals surface area contributed by atoms with E-state index in [-0.39, 0.29) is 5.97 Å². The van der Waals surface area contributed by atoms with Gasteiger partial charge in [-0.1, -0.05) is 6.92 Å². The molecule has 0 saturated carbocycles. The van der Waals surface area contributed by atoms with Gasteiger partial charge in [0.25, 0.3) is 0 Å². The molecule has 1 N–H and O–H groups in total. The fraction of sp³-hybridized carbons (Fsp3) is 0.917. The first-order valence-electron chi connectivity index (χ1n) is 6.02. The van der Waals surface area contributed by atoms with E-state index >= 15 is 0 Å². The van der Waals surface area contributed by atoms with Crippen LogP contribution in [0, 0.1) is 0 Å². The van der Waals surface area contributed by atoms with Crippen molar-refractivity contribution in [3.8, 4) is 0 Å². The van der Waals surface area contributed by atoms with E-state index in [0.29, 0.717) is 6.61 Å². The van der Waals surface area contributed by atoms with Crippen LogP contribution in [0.25, 0.3) is 0 Å². The third-order valence-corrected chi connectivity index (χ3v) is 2.57. The topological polar surface area (TPSA) is 47.6 Å². The predicted octanol–water partition coefficient (Wildman–Crippen LogP) is 1.73. The second-order valence-electron chi connectivity index (χ2n) is 4.05. The van der Waals surface area contributed by atoms with Gasteiger partial charge in [-0.05, 0) is 39.7 Å². The molecular weight excluding hydrogens is 206 g/mol. The summed E-state index contributed by atoms with van der Waals surface area (Å²) < 4.78 is 10.1. The first-order chi connectivity index (χ1) is 7.60. The first-order valence-corrected chi connectivity index (χ1v) is 6.02. The fourth-order valence-corrected chi connectivity index (χ4v) is 1.56. The van der Waals surface area contributed by atoms with Gasteiger partial charge in [0, 0.05) is 13.2 Å². The van der Waals surface area contributed by atoms with E-state index in [9.17, 15) is 4.79 Å². The molecule has 1 unspecified atom stereocenters. The SMILES string of the molecule is CCCNC(C)(CCCOCC)C(=O)OC. The van der Waals surface area contributed by atoms with Crippen LogP contribution in [0.2, 0.25) is 0 Å². The van der Waals surface area contributed by atoms with Crippen molar-refractivity contribution < 1.29 is 14.3 Å². The van der Waals surface area contributed by atoms with Gasteiger partial charge in [-0.3, -0.25) is 4.79 Å². The van der Waals surface area contributed by atoms with Crippen molar-refractivity contribution in [1.82, 2.24) is 5.32 Å². The molecule has 0 aromatic rings. The van der Waals surface area contributed by atoms with E-state index in [2.05, 4.69) is 12.2 Å². The average molecular weight is 231 g/mol. The quantitative estimate of drug-likeness (QED) is 0.485. The lowest BCUT2D eigenvalue weighted by Crippen LogP contribution is -2.50. The summed E-state index contributed by atoms with van der Waals surface area (Å²) in [5.74, 6) is -0.197. The van der Waals surface area contributed by atoms with Crippen LogP contribution in [-0.4, -0.2) is 38.4 Å². The molecule has 0 aromatic carbocycles. The molecule has 0 radical (unpaired) electrons. The third kappa shape index (κ3) is 5.47. The van der Waals surface area contributed by atoms with Crippen LogP contribution in [0.1, 0.15) is 40.0 Å². The first kappa shape index (κ1) is 15.4. The van der Waals surface area contributed by atoms with Crippen LogP contribution in [0.5, 0.6) is 0 Å². The number of nitrogens with one attached hydrogen (secondary N) is 1. The molecule has 0 rings (SSSR count). The summed E-state index contributed by atoms with van der Waals surface area (Å²) in [7, 11) is 1.43. The van der Waals surface area contributed by atoms with Crippen molar-refractivity contribution in [2.24, 2.45) is 0 Å². The van der Waals surface area contributed by atoms with Crippen LogP contribution in [0.3, 0.4) is 0 Å². The minimum absolute atomic E-state index is 0.197. The molecule has 0 aliphatic carbocycles. The van der Waals surface area contributed by atoms with Gasteiger partial charge in [-0.2, -0.15) is 0 Å². The number of esters is 1. The zero-order chi connectivity index (χ0) is 12.4. The lowest BCUT2D eigenvalue weighted by molar-refractivity contribution is -0.148. The smallest absolute Gasteiger partial charge is 0.325 e. The number of hydrogen-bond acceptors (Lipinski definition) is 4. The number of ether oxygens (including phenoxy) is 2. The maximum absolute atomic E-state index is 11.7. The standard InChI is InChI=1S/C12H25NO3/c1-5-9-13-12(3,11(14)15-4)8-7-10-16-6-2/h13H,5-10H2,1-4H3. The number of carbonyl (C=O) groups excluding carboxylic acids is 1. The van der Waals surface area contributed by atoms with Gasteiger partial charge >= 0.3 is 5.97 Å². The van der Waals surface area contributed by atoms with Crippen molar-refractivity contribution in [2.45, 2.75) is 45.6 Å².